The maximum absolute atomic E-state index is 5.91. The zero-order chi connectivity index (χ0) is 15.4. The van der Waals surface area contributed by atoms with E-state index >= 15 is 0 Å². The van der Waals surface area contributed by atoms with E-state index in [0.717, 1.165) is 29.0 Å². The molecule has 22 heavy (non-hydrogen) atoms. The molecule has 0 aromatic heterocycles. The fraction of sp³-hybridized carbons (Fsp3) is 0.368. The number of benzene rings is 2. The largest absolute Gasteiger partial charge is 0.457 e. The summed E-state index contributed by atoms with van der Waals surface area (Å²) in [5.74, 6) is 2.50. The van der Waals surface area contributed by atoms with Gasteiger partial charge in [0.25, 0.3) is 0 Å². The van der Waals surface area contributed by atoms with Crippen molar-refractivity contribution in [3.05, 3.63) is 59.1 Å². The SMILES string of the molecule is C[C@H]1CCCN(Cc2cccc(Oc3ccc(Cl)cc3)c2)C1. The van der Waals surface area contributed by atoms with Crippen molar-refractivity contribution in [1.29, 1.82) is 0 Å². The molecule has 0 spiro atoms. The predicted molar refractivity (Wildman–Crippen MR) is 91.6 cm³/mol. The number of piperidine rings is 1. The molecule has 1 atom stereocenters. The van der Waals surface area contributed by atoms with Crippen molar-refractivity contribution in [2.45, 2.75) is 26.3 Å². The second kappa shape index (κ2) is 7.17. The number of hydrogen-bond donors (Lipinski definition) is 0. The Kier molecular flexibility index (Phi) is 5.01. The van der Waals surface area contributed by atoms with E-state index in [9.17, 15) is 0 Å². The molecule has 0 unspecified atom stereocenters. The van der Waals surface area contributed by atoms with E-state index in [1.807, 2.05) is 30.3 Å². The molecule has 116 valence electrons. The maximum atomic E-state index is 5.91. The van der Waals surface area contributed by atoms with Gasteiger partial charge in [-0.15, -0.1) is 0 Å². The van der Waals surface area contributed by atoms with E-state index in [2.05, 4.69) is 30.0 Å². The minimum Gasteiger partial charge on any atom is -0.457 e. The summed E-state index contributed by atoms with van der Waals surface area (Å²) in [6.45, 7) is 5.74. The van der Waals surface area contributed by atoms with Crippen molar-refractivity contribution in [1.82, 2.24) is 4.90 Å². The molecule has 2 nitrogen and oxygen atoms in total. The van der Waals surface area contributed by atoms with E-state index in [4.69, 9.17) is 16.3 Å². The van der Waals surface area contributed by atoms with Crippen LogP contribution in [0.5, 0.6) is 11.5 Å². The highest BCUT2D eigenvalue weighted by Gasteiger charge is 2.16. The lowest BCUT2D eigenvalue weighted by Crippen LogP contribution is -2.33. The molecule has 0 aliphatic carbocycles. The first-order valence-corrected chi connectivity index (χ1v) is 8.31. The molecule has 2 aromatic carbocycles. The lowest BCUT2D eigenvalue weighted by Gasteiger charge is -2.30. The maximum Gasteiger partial charge on any atom is 0.127 e. The fourth-order valence-electron chi connectivity index (χ4n) is 3.03. The monoisotopic (exact) mass is 315 g/mol. The molecule has 1 fully saturated rings. The predicted octanol–water partition coefficient (Wildman–Crippen LogP) is 5.36. The van der Waals surface area contributed by atoms with Crippen LogP contribution in [-0.4, -0.2) is 18.0 Å². The van der Waals surface area contributed by atoms with Crippen LogP contribution in [0.4, 0.5) is 0 Å². The molecule has 1 heterocycles. The molecule has 0 radical (unpaired) electrons. The Hall–Kier alpha value is -1.51. The molecule has 0 bridgehead atoms. The van der Waals surface area contributed by atoms with Crippen LogP contribution in [0.15, 0.2) is 48.5 Å². The van der Waals surface area contributed by atoms with Gasteiger partial charge in [-0.3, -0.25) is 4.90 Å². The summed E-state index contributed by atoms with van der Waals surface area (Å²) in [7, 11) is 0. The molecule has 3 rings (SSSR count). The number of halogens is 1. The minimum atomic E-state index is 0.723. The number of nitrogens with zero attached hydrogens (tertiary/aromatic N) is 1. The van der Waals surface area contributed by atoms with Crippen LogP contribution >= 0.6 is 11.6 Å². The van der Waals surface area contributed by atoms with Gasteiger partial charge in [0.2, 0.25) is 0 Å². The van der Waals surface area contributed by atoms with E-state index in [-0.39, 0.29) is 0 Å². The zero-order valence-electron chi connectivity index (χ0n) is 13.0. The Morgan fingerprint density at radius 2 is 1.95 bits per heavy atom. The van der Waals surface area contributed by atoms with E-state index in [0.29, 0.717) is 0 Å². The van der Waals surface area contributed by atoms with E-state index in [1.54, 1.807) is 0 Å². The summed E-state index contributed by atoms with van der Waals surface area (Å²) in [6, 6.07) is 15.8. The zero-order valence-corrected chi connectivity index (χ0v) is 13.7. The third-order valence-corrected chi connectivity index (χ3v) is 4.35. The Morgan fingerprint density at radius 3 is 2.73 bits per heavy atom. The van der Waals surface area contributed by atoms with Gasteiger partial charge in [0.15, 0.2) is 0 Å². The molecule has 0 saturated carbocycles. The Bertz CT molecular complexity index is 611. The normalized spacial score (nSPS) is 19.1. The molecular weight excluding hydrogens is 294 g/mol. The molecule has 2 aromatic rings. The van der Waals surface area contributed by atoms with Crippen molar-refractivity contribution >= 4 is 11.6 Å². The summed E-state index contributed by atoms with van der Waals surface area (Å²) in [6.07, 6.45) is 2.67. The van der Waals surface area contributed by atoms with Crippen LogP contribution in [0.25, 0.3) is 0 Å². The number of likely N-dealkylation sites (tertiary alicyclic amines) is 1. The van der Waals surface area contributed by atoms with Gasteiger partial charge in [0.1, 0.15) is 11.5 Å². The van der Waals surface area contributed by atoms with Crippen molar-refractivity contribution < 1.29 is 4.74 Å². The van der Waals surface area contributed by atoms with Crippen molar-refractivity contribution in [3.8, 4) is 11.5 Å². The van der Waals surface area contributed by atoms with Crippen LogP contribution in [0, 0.1) is 5.92 Å². The van der Waals surface area contributed by atoms with Crippen LogP contribution in [0.3, 0.4) is 0 Å². The highest BCUT2D eigenvalue weighted by Crippen LogP contribution is 2.25. The quantitative estimate of drug-likeness (QED) is 0.752. The molecule has 1 saturated heterocycles. The standard InChI is InChI=1S/C19H22ClNO/c1-15-4-3-11-21(13-15)14-16-5-2-6-19(12-16)22-18-9-7-17(20)8-10-18/h2,5-10,12,15H,3-4,11,13-14H2,1H3/t15-/m0/s1. The summed E-state index contributed by atoms with van der Waals surface area (Å²) < 4.78 is 5.91. The molecule has 3 heteroatoms. The first-order chi connectivity index (χ1) is 10.7. The van der Waals surface area contributed by atoms with E-state index in [1.165, 1.54) is 31.5 Å². The average Bonchev–Trinajstić information content (AvgIpc) is 2.50. The van der Waals surface area contributed by atoms with Gasteiger partial charge in [-0.2, -0.15) is 0 Å². The van der Waals surface area contributed by atoms with Gasteiger partial charge < -0.3 is 4.74 Å². The molecule has 1 aliphatic heterocycles. The lowest BCUT2D eigenvalue weighted by atomic mass is 10.00. The van der Waals surface area contributed by atoms with Crippen molar-refractivity contribution in [2.24, 2.45) is 5.92 Å². The number of hydrogen-bond acceptors (Lipinski definition) is 2. The summed E-state index contributed by atoms with van der Waals surface area (Å²) in [5, 5.41) is 0.723. The number of rotatable bonds is 4. The van der Waals surface area contributed by atoms with Gasteiger partial charge in [0, 0.05) is 18.1 Å². The number of ether oxygens (including phenoxy) is 1. The van der Waals surface area contributed by atoms with E-state index < -0.39 is 0 Å². The Morgan fingerprint density at radius 1 is 1.14 bits per heavy atom. The Labute approximate surface area is 137 Å². The van der Waals surface area contributed by atoms with Crippen LogP contribution < -0.4 is 4.74 Å². The average molecular weight is 316 g/mol. The first-order valence-electron chi connectivity index (χ1n) is 7.94. The van der Waals surface area contributed by atoms with Gasteiger partial charge in [-0.25, -0.2) is 0 Å². The van der Waals surface area contributed by atoms with Crippen LogP contribution in [0.2, 0.25) is 5.02 Å². The third-order valence-electron chi connectivity index (χ3n) is 4.10. The van der Waals surface area contributed by atoms with Crippen molar-refractivity contribution in [2.75, 3.05) is 13.1 Å². The highest BCUT2D eigenvalue weighted by atomic mass is 35.5. The van der Waals surface area contributed by atoms with Crippen molar-refractivity contribution in [3.63, 3.8) is 0 Å². The smallest absolute Gasteiger partial charge is 0.127 e. The van der Waals surface area contributed by atoms with Gasteiger partial charge in [-0.05, 0) is 67.3 Å². The van der Waals surface area contributed by atoms with Gasteiger partial charge in [-0.1, -0.05) is 30.7 Å². The van der Waals surface area contributed by atoms with Crippen LogP contribution in [-0.2, 0) is 6.54 Å². The molecule has 1 aliphatic rings. The van der Waals surface area contributed by atoms with Gasteiger partial charge in [0.05, 0.1) is 0 Å². The summed E-state index contributed by atoms with van der Waals surface area (Å²) in [4.78, 5) is 2.54. The summed E-state index contributed by atoms with van der Waals surface area (Å²) in [5.41, 5.74) is 1.31. The Balaban J connectivity index is 1.65. The topological polar surface area (TPSA) is 12.5 Å². The first kappa shape index (κ1) is 15.4. The highest BCUT2D eigenvalue weighted by molar-refractivity contribution is 6.30. The summed E-state index contributed by atoms with van der Waals surface area (Å²) >= 11 is 5.90. The minimum absolute atomic E-state index is 0.723. The van der Waals surface area contributed by atoms with Crippen LogP contribution in [0.1, 0.15) is 25.3 Å². The fourth-order valence-corrected chi connectivity index (χ4v) is 3.16. The van der Waals surface area contributed by atoms with Gasteiger partial charge >= 0.3 is 0 Å². The lowest BCUT2D eigenvalue weighted by molar-refractivity contribution is 0.176. The molecule has 0 amide bonds. The third kappa shape index (κ3) is 4.25. The second-order valence-corrected chi connectivity index (χ2v) is 6.62. The molecule has 0 N–H and O–H groups in total. The molecular formula is C19H22ClNO. The second-order valence-electron chi connectivity index (χ2n) is 6.19.